The monoisotopic (exact) mass is 435 g/mol. The second-order valence-electron chi connectivity index (χ2n) is 8.93. The van der Waals surface area contributed by atoms with Crippen LogP contribution in [0, 0.1) is 0 Å². The summed E-state index contributed by atoms with van der Waals surface area (Å²) in [5.41, 5.74) is 3.45. The summed E-state index contributed by atoms with van der Waals surface area (Å²) < 4.78 is 11.8. The Bertz CT molecular complexity index is 795. The van der Waals surface area contributed by atoms with Crippen LogP contribution in [0.15, 0.2) is 53.5 Å². The molecule has 0 N–H and O–H groups in total. The molecule has 0 saturated heterocycles. The summed E-state index contributed by atoms with van der Waals surface area (Å²) in [4.78, 5) is 4.52. The Morgan fingerprint density at radius 3 is 1.81 bits per heavy atom. The number of unbranched alkanes of at least 4 members (excludes halogenated alkanes) is 9. The molecule has 2 aromatic carbocycles. The Morgan fingerprint density at radius 1 is 0.719 bits per heavy atom. The fraction of sp³-hybridized carbons (Fsp3) is 0.552. The number of benzene rings is 2. The molecule has 0 saturated carbocycles. The van der Waals surface area contributed by atoms with E-state index in [2.05, 4.69) is 67.4 Å². The lowest BCUT2D eigenvalue weighted by Gasteiger charge is -2.10. The maximum atomic E-state index is 5.94. The topological polar surface area (TPSA) is 30.8 Å². The predicted octanol–water partition coefficient (Wildman–Crippen LogP) is 8.21. The van der Waals surface area contributed by atoms with E-state index < -0.39 is 0 Å². The minimum Gasteiger partial charge on any atom is -0.494 e. The molecule has 3 nitrogen and oxygen atoms in total. The van der Waals surface area contributed by atoms with E-state index in [9.17, 15) is 0 Å². The van der Waals surface area contributed by atoms with E-state index in [4.69, 9.17) is 9.47 Å². The second kappa shape index (κ2) is 14.0. The third-order valence-corrected chi connectivity index (χ3v) is 6.26. The third kappa shape index (κ3) is 8.00. The Kier molecular flexibility index (Phi) is 10.6. The van der Waals surface area contributed by atoms with Crippen molar-refractivity contribution >= 4 is 5.90 Å². The Balaban J connectivity index is 1.32. The number of aliphatic imine (C=N–C) groups is 1. The molecule has 1 heterocycles. The number of nitrogens with zero attached hydrogens (tertiary/aromatic N) is 1. The van der Waals surface area contributed by atoms with Crippen molar-refractivity contribution in [1.29, 1.82) is 0 Å². The first-order valence-corrected chi connectivity index (χ1v) is 12.8. The maximum absolute atomic E-state index is 5.94. The van der Waals surface area contributed by atoms with Gasteiger partial charge in [0.1, 0.15) is 11.9 Å². The van der Waals surface area contributed by atoms with Gasteiger partial charge in [-0.1, -0.05) is 95.9 Å². The number of rotatable bonds is 15. The second-order valence-corrected chi connectivity index (χ2v) is 8.93. The van der Waals surface area contributed by atoms with E-state index in [0.717, 1.165) is 43.2 Å². The molecule has 0 bridgehead atoms. The van der Waals surface area contributed by atoms with Gasteiger partial charge < -0.3 is 9.47 Å². The molecular weight excluding hydrogens is 394 g/mol. The van der Waals surface area contributed by atoms with Crippen LogP contribution >= 0.6 is 0 Å². The highest BCUT2D eigenvalue weighted by atomic mass is 16.5. The van der Waals surface area contributed by atoms with Gasteiger partial charge in [0.2, 0.25) is 5.90 Å². The number of ether oxygens (including phenoxy) is 2. The number of hydrogen-bond donors (Lipinski definition) is 0. The molecule has 1 unspecified atom stereocenters. The molecule has 0 fully saturated rings. The molecule has 0 radical (unpaired) electrons. The van der Waals surface area contributed by atoms with Crippen molar-refractivity contribution in [3.8, 4) is 16.9 Å². The highest BCUT2D eigenvalue weighted by Crippen LogP contribution is 2.24. The Morgan fingerprint density at radius 2 is 1.25 bits per heavy atom. The fourth-order valence-corrected chi connectivity index (χ4v) is 4.12. The Hall–Kier alpha value is -2.29. The van der Waals surface area contributed by atoms with Gasteiger partial charge in [-0.05, 0) is 48.2 Å². The van der Waals surface area contributed by atoms with Crippen LogP contribution in [0.4, 0.5) is 0 Å². The minimum atomic E-state index is 0.234. The SMILES string of the molecule is CCCCCCCCCCCCOc1ccc(-c2ccc(C3=NCC(CC)O3)cc2)cc1. The molecule has 1 aliphatic heterocycles. The molecule has 0 aromatic heterocycles. The predicted molar refractivity (Wildman–Crippen MR) is 136 cm³/mol. The van der Waals surface area contributed by atoms with Crippen molar-refractivity contribution in [1.82, 2.24) is 0 Å². The van der Waals surface area contributed by atoms with Gasteiger partial charge in [0, 0.05) is 5.56 Å². The van der Waals surface area contributed by atoms with Crippen LogP contribution in [-0.4, -0.2) is 25.2 Å². The smallest absolute Gasteiger partial charge is 0.216 e. The summed E-state index contributed by atoms with van der Waals surface area (Å²) in [7, 11) is 0. The summed E-state index contributed by atoms with van der Waals surface area (Å²) in [5, 5.41) is 0. The molecule has 1 atom stereocenters. The van der Waals surface area contributed by atoms with Crippen molar-refractivity contribution in [3.63, 3.8) is 0 Å². The van der Waals surface area contributed by atoms with E-state index >= 15 is 0 Å². The van der Waals surface area contributed by atoms with E-state index in [-0.39, 0.29) is 6.10 Å². The average molecular weight is 436 g/mol. The largest absolute Gasteiger partial charge is 0.494 e. The summed E-state index contributed by atoms with van der Waals surface area (Å²) in [6.45, 7) is 6.00. The molecule has 0 amide bonds. The lowest BCUT2D eigenvalue weighted by atomic mass is 10.0. The molecule has 3 heteroatoms. The highest BCUT2D eigenvalue weighted by molar-refractivity contribution is 5.95. The van der Waals surface area contributed by atoms with E-state index in [1.54, 1.807) is 0 Å². The summed E-state index contributed by atoms with van der Waals surface area (Å²) in [6.07, 6.45) is 14.7. The normalized spacial score (nSPS) is 15.4. The van der Waals surface area contributed by atoms with Crippen LogP contribution in [0.2, 0.25) is 0 Å². The molecule has 0 aliphatic carbocycles. The molecule has 174 valence electrons. The van der Waals surface area contributed by atoms with Crippen molar-refractivity contribution in [2.75, 3.05) is 13.2 Å². The van der Waals surface area contributed by atoms with Crippen LogP contribution in [0.5, 0.6) is 5.75 Å². The van der Waals surface area contributed by atoms with Gasteiger partial charge in [-0.2, -0.15) is 0 Å². The van der Waals surface area contributed by atoms with Crippen molar-refractivity contribution in [2.45, 2.75) is 90.6 Å². The lowest BCUT2D eigenvalue weighted by molar-refractivity contribution is 0.220. The van der Waals surface area contributed by atoms with Crippen molar-refractivity contribution in [3.05, 3.63) is 54.1 Å². The van der Waals surface area contributed by atoms with Crippen LogP contribution < -0.4 is 4.74 Å². The highest BCUT2D eigenvalue weighted by Gasteiger charge is 2.19. The third-order valence-electron chi connectivity index (χ3n) is 6.26. The van der Waals surface area contributed by atoms with Crippen LogP contribution in [0.3, 0.4) is 0 Å². The van der Waals surface area contributed by atoms with Gasteiger partial charge in [0.05, 0.1) is 13.2 Å². The minimum absolute atomic E-state index is 0.234. The van der Waals surface area contributed by atoms with Crippen molar-refractivity contribution < 1.29 is 9.47 Å². The summed E-state index contributed by atoms with van der Waals surface area (Å²) in [6, 6.07) is 16.9. The van der Waals surface area contributed by atoms with Gasteiger partial charge >= 0.3 is 0 Å². The fourth-order valence-electron chi connectivity index (χ4n) is 4.12. The standard InChI is InChI=1S/C29H41NO2/c1-3-5-6-7-8-9-10-11-12-13-22-31-28-20-18-25(19-21-28)24-14-16-26(17-15-24)29-30-23-27(4-2)32-29/h14-21,27H,3-13,22-23H2,1-2H3. The van der Waals surface area contributed by atoms with Gasteiger partial charge in [-0.25, -0.2) is 4.99 Å². The molecule has 0 spiro atoms. The molecule has 32 heavy (non-hydrogen) atoms. The summed E-state index contributed by atoms with van der Waals surface area (Å²) >= 11 is 0. The zero-order valence-electron chi connectivity index (χ0n) is 20.2. The lowest BCUT2D eigenvalue weighted by Crippen LogP contribution is -2.11. The molecule has 3 rings (SSSR count). The zero-order valence-corrected chi connectivity index (χ0v) is 20.2. The van der Waals surface area contributed by atoms with Crippen LogP contribution in [0.25, 0.3) is 11.1 Å². The van der Waals surface area contributed by atoms with Gasteiger partial charge in [-0.3, -0.25) is 0 Å². The van der Waals surface area contributed by atoms with Gasteiger partial charge in [0.15, 0.2) is 0 Å². The maximum Gasteiger partial charge on any atom is 0.216 e. The van der Waals surface area contributed by atoms with Crippen molar-refractivity contribution in [2.24, 2.45) is 4.99 Å². The summed E-state index contributed by atoms with van der Waals surface area (Å²) in [5.74, 6) is 1.74. The van der Waals surface area contributed by atoms with Gasteiger partial charge in [0.25, 0.3) is 0 Å². The number of hydrogen-bond acceptors (Lipinski definition) is 3. The molecule has 1 aliphatic rings. The average Bonchev–Trinajstić information content (AvgIpc) is 3.32. The zero-order chi connectivity index (χ0) is 22.4. The molecular formula is C29H41NO2. The Labute approximate surface area is 195 Å². The van der Waals surface area contributed by atoms with Gasteiger partial charge in [-0.15, -0.1) is 0 Å². The van der Waals surface area contributed by atoms with E-state index in [1.165, 1.54) is 68.9 Å². The first kappa shape index (κ1) is 24.4. The quantitative estimate of drug-likeness (QED) is 0.264. The molecule has 2 aromatic rings. The van der Waals surface area contributed by atoms with E-state index in [0.29, 0.717) is 0 Å². The first-order valence-electron chi connectivity index (χ1n) is 12.8. The van der Waals surface area contributed by atoms with E-state index in [1.807, 2.05) is 0 Å². The van der Waals surface area contributed by atoms with Crippen LogP contribution in [0.1, 0.15) is 90.0 Å². The van der Waals surface area contributed by atoms with Crippen LogP contribution in [-0.2, 0) is 4.74 Å². The first-order chi connectivity index (χ1) is 15.8.